The standard InChI is InChI=1S/C17H22N2O2/c1-5-14-16(12-7-6-8-13(20)9-12)15(17(18)21)11(4)19(14)10(2)3/h6-10,20H,5H2,1-4H3,(H2,18,21). The van der Waals surface area contributed by atoms with E-state index in [-0.39, 0.29) is 11.8 Å². The lowest BCUT2D eigenvalue weighted by atomic mass is 9.98. The van der Waals surface area contributed by atoms with E-state index in [0.717, 1.165) is 28.9 Å². The molecule has 112 valence electrons. The van der Waals surface area contributed by atoms with Crippen LogP contribution in [0.25, 0.3) is 11.1 Å². The Hall–Kier alpha value is -2.23. The van der Waals surface area contributed by atoms with Crippen molar-refractivity contribution in [2.45, 2.75) is 40.2 Å². The molecule has 0 saturated heterocycles. The van der Waals surface area contributed by atoms with Crippen LogP contribution in [0.5, 0.6) is 5.75 Å². The highest BCUT2D eigenvalue weighted by Gasteiger charge is 2.24. The maximum atomic E-state index is 12.0. The summed E-state index contributed by atoms with van der Waals surface area (Å²) in [5.74, 6) is -0.250. The van der Waals surface area contributed by atoms with Crippen LogP contribution in [-0.2, 0) is 6.42 Å². The molecule has 2 rings (SSSR count). The van der Waals surface area contributed by atoms with Gasteiger partial charge in [-0.3, -0.25) is 4.79 Å². The van der Waals surface area contributed by atoms with Gasteiger partial charge in [0.1, 0.15) is 5.75 Å². The number of nitrogens with two attached hydrogens (primary N) is 1. The van der Waals surface area contributed by atoms with Crippen LogP contribution in [0.15, 0.2) is 24.3 Å². The van der Waals surface area contributed by atoms with Gasteiger partial charge in [0.15, 0.2) is 0 Å². The van der Waals surface area contributed by atoms with Crippen molar-refractivity contribution < 1.29 is 9.90 Å². The van der Waals surface area contributed by atoms with Gasteiger partial charge in [0.2, 0.25) is 0 Å². The van der Waals surface area contributed by atoms with E-state index in [1.165, 1.54) is 0 Å². The topological polar surface area (TPSA) is 68.2 Å². The number of hydrogen-bond donors (Lipinski definition) is 2. The molecule has 0 aliphatic carbocycles. The Morgan fingerprint density at radius 3 is 2.52 bits per heavy atom. The Balaban J connectivity index is 2.86. The van der Waals surface area contributed by atoms with Gasteiger partial charge in [0.05, 0.1) is 5.56 Å². The van der Waals surface area contributed by atoms with Crippen LogP contribution in [0.4, 0.5) is 0 Å². The molecule has 0 aliphatic heterocycles. The second kappa shape index (κ2) is 5.64. The second-order valence-electron chi connectivity index (χ2n) is 5.51. The molecule has 0 spiro atoms. The summed E-state index contributed by atoms with van der Waals surface area (Å²) < 4.78 is 2.15. The Morgan fingerprint density at radius 2 is 2.05 bits per heavy atom. The van der Waals surface area contributed by atoms with E-state index in [4.69, 9.17) is 5.73 Å². The molecule has 1 aromatic heterocycles. The van der Waals surface area contributed by atoms with Crippen molar-refractivity contribution in [3.63, 3.8) is 0 Å². The molecule has 1 amide bonds. The molecular formula is C17H22N2O2. The molecule has 0 radical (unpaired) electrons. The van der Waals surface area contributed by atoms with E-state index in [2.05, 4.69) is 25.3 Å². The highest BCUT2D eigenvalue weighted by Crippen LogP contribution is 2.36. The number of phenolic OH excluding ortho intramolecular Hbond substituents is 1. The van der Waals surface area contributed by atoms with Crippen LogP contribution in [0.3, 0.4) is 0 Å². The number of carbonyl (C=O) groups excluding carboxylic acids is 1. The zero-order chi connectivity index (χ0) is 15.7. The van der Waals surface area contributed by atoms with Crippen LogP contribution in [0.1, 0.15) is 48.6 Å². The smallest absolute Gasteiger partial charge is 0.251 e. The van der Waals surface area contributed by atoms with Crippen molar-refractivity contribution >= 4 is 5.91 Å². The maximum Gasteiger partial charge on any atom is 0.251 e. The first kappa shape index (κ1) is 15.2. The lowest BCUT2D eigenvalue weighted by molar-refractivity contribution is 0.1000. The predicted molar refractivity (Wildman–Crippen MR) is 84.6 cm³/mol. The molecule has 0 atom stereocenters. The summed E-state index contributed by atoms with van der Waals surface area (Å²) in [6.07, 6.45) is 0.789. The molecule has 1 aromatic carbocycles. The van der Waals surface area contributed by atoms with Crippen molar-refractivity contribution in [3.05, 3.63) is 41.2 Å². The number of primary amides is 1. The third-order valence-corrected chi connectivity index (χ3v) is 3.79. The zero-order valence-electron chi connectivity index (χ0n) is 13.0. The summed E-state index contributed by atoms with van der Waals surface area (Å²) in [7, 11) is 0. The van der Waals surface area contributed by atoms with E-state index >= 15 is 0 Å². The molecule has 2 aromatic rings. The van der Waals surface area contributed by atoms with Crippen LogP contribution in [0.2, 0.25) is 0 Å². The highest BCUT2D eigenvalue weighted by molar-refractivity contribution is 6.02. The summed E-state index contributed by atoms with van der Waals surface area (Å²) >= 11 is 0. The fourth-order valence-electron chi connectivity index (χ4n) is 3.09. The quantitative estimate of drug-likeness (QED) is 0.904. The Bertz CT molecular complexity index is 684. The average Bonchev–Trinajstić information content (AvgIpc) is 2.71. The van der Waals surface area contributed by atoms with E-state index in [0.29, 0.717) is 5.56 Å². The average molecular weight is 286 g/mol. The number of aromatic hydroxyl groups is 1. The minimum atomic E-state index is -0.431. The van der Waals surface area contributed by atoms with Crippen molar-refractivity contribution in [1.82, 2.24) is 4.57 Å². The van der Waals surface area contributed by atoms with Gasteiger partial charge in [0.25, 0.3) is 5.91 Å². The normalized spacial score (nSPS) is 11.1. The first-order chi connectivity index (χ1) is 9.88. The number of carbonyl (C=O) groups is 1. The first-order valence-electron chi connectivity index (χ1n) is 7.21. The van der Waals surface area contributed by atoms with Gasteiger partial charge in [0, 0.05) is 23.0 Å². The third kappa shape index (κ3) is 2.53. The van der Waals surface area contributed by atoms with Crippen molar-refractivity contribution in [2.24, 2.45) is 5.73 Å². The lowest BCUT2D eigenvalue weighted by Crippen LogP contribution is -2.14. The lowest BCUT2D eigenvalue weighted by Gasteiger charge is -2.15. The van der Waals surface area contributed by atoms with Crippen LogP contribution in [0, 0.1) is 6.92 Å². The minimum Gasteiger partial charge on any atom is -0.508 e. The summed E-state index contributed by atoms with van der Waals surface area (Å²) in [5, 5.41) is 9.73. The van der Waals surface area contributed by atoms with E-state index in [1.807, 2.05) is 13.0 Å². The number of hydrogen-bond acceptors (Lipinski definition) is 2. The molecule has 0 saturated carbocycles. The van der Waals surface area contributed by atoms with Crippen molar-refractivity contribution in [1.29, 1.82) is 0 Å². The number of nitrogens with zero attached hydrogens (tertiary/aromatic N) is 1. The number of rotatable bonds is 4. The summed E-state index contributed by atoms with van der Waals surface area (Å²) in [6, 6.07) is 7.20. The Morgan fingerprint density at radius 1 is 1.38 bits per heavy atom. The summed E-state index contributed by atoms with van der Waals surface area (Å²) in [5.41, 5.74) is 9.78. The first-order valence-corrected chi connectivity index (χ1v) is 7.21. The molecule has 1 heterocycles. The number of phenols is 1. The van der Waals surface area contributed by atoms with E-state index in [1.54, 1.807) is 18.2 Å². The fourth-order valence-corrected chi connectivity index (χ4v) is 3.09. The van der Waals surface area contributed by atoms with Crippen LogP contribution < -0.4 is 5.73 Å². The highest BCUT2D eigenvalue weighted by atomic mass is 16.3. The monoisotopic (exact) mass is 286 g/mol. The predicted octanol–water partition coefficient (Wildman–Crippen LogP) is 3.41. The number of aromatic nitrogens is 1. The van der Waals surface area contributed by atoms with Crippen molar-refractivity contribution in [3.8, 4) is 16.9 Å². The SMILES string of the molecule is CCc1c(-c2cccc(O)c2)c(C(N)=O)c(C)n1C(C)C. The van der Waals surface area contributed by atoms with Crippen LogP contribution in [-0.4, -0.2) is 15.6 Å². The Kier molecular flexibility index (Phi) is 4.07. The molecular weight excluding hydrogens is 264 g/mol. The molecule has 0 aliphatic rings. The van der Waals surface area contributed by atoms with Gasteiger partial charge in [-0.05, 0) is 44.9 Å². The number of amides is 1. The van der Waals surface area contributed by atoms with E-state index in [9.17, 15) is 9.90 Å². The maximum absolute atomic E-state index is 12.0. The van der Waals surface area contributed by atoms with Gasteiger partial charge >= 0.3 is 0 Å². The molecule has 21 heavy (non-hydrogen) atoms. The third-order valence-electron chi connectivity index (χ3n) is 3.79. The molecule has 0 bridgehead atoms. The molecule has 4 nitrogen and oxygen atoms in total. The molecule has 0 unspecified atom stereocenters. The zero-order valence-corrected chi connectivity index (χ0v) is 13.0. The largest absolute Gasteiger partial charge is 0.508 e. The Labute approximate surface area is 125 Å². The van der Waals surface area contributed by atoms with Gasteiger partial charge in [-0.1, -0.05) is 19.1 Å². The van der Waals surface area contributed by atoms with E-state index < -0.39 is 5.91 Å². The molecule has 4 heteroatoms. The second-order valence-corrected chi connectivity index (χ2v) is 5.51. The minimum absolute atomic E-state index is 0.180. The van der Waals surface area contributed by atoms with Gasteiger partial charge in [-0.15, -0.1) is 0 Å². The molecule has 0 fully saturated rings. The molecule has 3 N–H and O–H groups in total. The number of benzene rings is 1. The fraction of sp³-hybridized carbons (Fsp3) is 0.353. The van der Waals surface area contributed by atoms with Crippen LogP contribution >= 0.6 is 0 Å². The van der Waals surface area contributed by atoms with Gasteiger partial charge in [-0.25, -0.2) is 0 Å². The summed E-state index contributed by atoms with van der Waals surface area (Å²) in [4.78, 5) is 12.0. The van der Waals surface area contributed by atoms with Gasteiger partial charge < -0.3 is 15.4 Å². The van der Waals surface area contributed by atoms with Crippen molar-refractivity contribution in [2.75, 3.05) is 0 Å². The van der Waals surface area contributed by atoms with Gasteiger partial charge in [-0.2, -0.15) is 0 Å². The summed E-state index contributed by atoms with van der Waals surface area (Å²) in [6.45, 7) is 8.16.